The van der Waals surface area contributed by atoms with Crippen LogP contribution >= 0.6 is 11.8 Å². The second-order valence-electron chi connectivity index (χ2n) is 4.15. The second-order valence-corrected chi connectivity index (χ2v) is 5.14. The molecule has 0 spiro atoms. The summed E-state index contributed by atoms with van der Waals surface area (Å²) in [6, 6.07) is 11.9. The van der Waals surface area contributed by atoms with Crippen LogP contribution in [-0.2, 0) is 5.75 Å². The van der Waals surface area contributed by atoms with Crippen molar-refractivity contribution in [2.45, 2.75) is 10.8 Å². The molecule has 0 fully saturated rings. The van der Waals surface area contributed by atoms with Gasteiger partial charge in [-0.05, 0) is 18.2 Å². The zero-order valence-electron chi connectivity index (χ0n) is 11.0. The first-order valence-corrected chi connectivity index (χ1v) is 7.18. The summed E-state index contributed by atoms with van der Waals surface area (Å²) in [5.74, 6) is 1.71. The third kappa shape index (κ3) is 2.72. The Balaban J connectivity index is 1.79. The number of methoxy groups -OCH3 is 1. The number of fused-ring (bicyclic) bond motifs is 1. The van der Waals surface area contributed by atoms with Crippen molar-refractivity contribution in [3.63, 3.8) is 0 Å². The predicted octanol–water partition coefficient (Wildman–Crippen LogP) is 3.33. The molecule has 0 atom stereocenters. The largest absolute Gasteiger partial charge is 0.496 e. The topological polar surface area (TPSA) is 47.9 Å². The van der Waals surface area contributed by atoms with E-state index in [1.165, 1.54) is 0 Å². The van der Waals surface area contributed by atoms with Crippen LogP contribution in [0.1, 0.15) is 5.56 Å². The van der Waals surface area contributed by atoms with Crippen LogP contribution in [0.5, 0.6) is 5.75 Å². The zero-order chi connectivity index (χ0) is 13.8. The molecular weight excluding hydrogens is 270 g/mol. The van der Waals surface area contributed by atoms with Gasteiger partial charge in [0.05, 0.1) is 12.1 Å². The maximum Gasteiger partial charge on any atom is 0.179 e. The molecule has 0 saturated carbocycles. The molecule has 0 bridgehead atoms. The van der Waals surface area contributed by atoms with Gasteiger partial charge in [-0.15, -0.1) is 11.8 Å². The standard InChI is InChI=1S/C15H13N3OS/c1-19-13-5-3-2-4-11(13)10-20-14-7-6-12-15(18-14)17-9-8-16-12/h2-9H,10H2,1H3. The molecule has 0 radical (unpaired) electrons. The number of pyridine rings is 1. The molecule has 3 aromatic rings. The summed E-state index contributed by atoms with van der Waals surface area (Å²) in [6.45, 7) is 0. The minimum Gasteiger partial charge on any atom is -0.496 e. The van der Waals surface area contributed by atoms with Gasteiger partial charge in [0.15, 0.2) is 5.65 Å². The highest BCUT2D eigenvalue weighted by Crippen LogP contribution is 2.27. The lowest BCUT2D eigenvalue weighted by Gasteiger charge is -2.07. The highest BCUT2D eigenvalue weighted by atomic mass is 32.2. The van der Waals surface area contributed by atoms with Crippen LogP contribution in [0.15, 0.2) is 53.8 Å². The normalized spacial score (nSPS) is 10.7. The number of benzene rings is 1. The number of hydrogen-bond donors (Lipinski definition) is 0. The van der Waals surface area contributed by atoms with Crippen molar-refractivity contribution >= 4 is 22.9 Å². The first-order chi connectivity index (χ1) is 9.86. The quantitative estimate of drug-likeness (QED) is 0.687. The van der Waals surface area contributed by atoms with Gasteiger partial charge < -0.3 is 4.74 Å². The molecule has 0 saturated heterocycles. The number of aromatic nitrogens is 3. The van der Waals surface area contributed by atoms with Gasteiger partial charge >= 0.3 is 0 Å². The Labute approximate surface area is 121 Å². The SMILES string of the molecule is COc1ccccc1CSc1ccc2nccnc2n1. The fourth-order valence-corrected chi connectivity index (χ4v) is 2.75. The van der Waals surface area contributed by atoms with Gasteiger partial charge in [-0.25, -0.2) is 9.97 Å². The summed E-state index contributed by atoms with van der Waals surface area (Å²) in [7, 11) is 1.69. The van der Waals surface area contributed by atoms with Gasteiger partial charge in [0.2, 0.25) is 0 Å². The van der Waals surface area contributed by atoms with Crippen LogP contribution in [0.2, 0.25) is 0 Å². The number of ether oxygens (including phenoxy) is 1. The summed E-state index contributed by atoms with van der Waals surface area (Å²) in [5.41, 5.74) is 2.65. The van der Waals surface area contributed by atoms with Crippen molar-refractivity contribution in [3.8, 4) is 5.75 Å². The number of nitrogens with zero attached hydrogens (tertiary/aromatic N) is 3. The van der Waals surface area contributed by atoms with Gasteiger partial charge in [0, 0.05) is 23.7 Å². The summed E-state index contributed by atoms with van der Waals surface area (Å²) in [6.07, 6.45) is 3.33. The summed E-state index contributed by atoms with van der Waals surface area (Å²) in [4.78, 5) is 12.9. The van der Waals surface area contributed by atoms with Crippen molar-refractivity contribution < 1.29 is 4.74 Å². The van der Waals surface area contributed by atoms with Crippen LogP contribution in [0.25, 0.3) is 11.2 Å². The Morgan fingerprint density at radius 3 is 2.80 bits per heavy atom. The van der Waals surface area contributed by atoms with E-state index in [1.807, 2.05) is 30.3 Å². The van der Waals surface area contributed by atoms with E-state index < -0.39 is 0 Å². The Morgan fingerprint density at radius 2 is 1.90 bits per heavy atom. The first kappa shape index (κ1) is 12.9. The Kier molecular flexibility index (Phi) is 3.78. The number of para-hydroxylation sites is 1. The van der Waals surface area contributed by atoms with Gasteiger partial charge in [-0.3, -0.25) is 4.98 Å². The fourth-order valence-electron chi connectivity index (χ4n) is 1.89. The minimum absolute atomic E-state index is 0.678. The lowest BCUT2D eigenvalue weighted by molar-refractivity contribution is 0.411. The molecule has 0 aliphatic rings. The fraction of sp³-hybridized carbons (Fsp3) is 0.133. The number of thioether (sulfide) groups is 1. The Bertz CT molecular complexity index is 733. The molecule has 0 unspecified atom stereocenters. The zero-order valence-corrected chi connectivity index (χ0v) is 11.8. The van der Waals surface area contributed by atoms with E-state index in [2.05, 4.69) is 21.0 Å². The summed E-state index contributed by atoms with van der Waals surface area (Å²) >= 11 is 1.66. The maximum atomic E-state index is 5.35. The van der Waals surface area contributed by atoms with Gasteiger partial charge in [-0.1, -0.05) is 18.2 Å². The first-order valence-electron chi connectivity index (χ1n) is 6.19. The van der Waals surface area contributed by atoms with Gasteiger partial charge in [-0.2, -0.15) is 0 Å². The summed E-state index contributed by atoms with van der Waals surface area (Å²) < 4.78 is 5.35. The molecular formula is C15H13N3OS. The van der Waals surface area contributed by atoms with E-state index in [0.717, 1.165) is 27.6 Å². The van der Waals surface area contributed by atoms with Crippen molar-refractivity contribution in [2.24, 2.45) is 0 Å². The minimum atomic E-state index is 0.678. The van der Waals surface area contributed by atoms with Crippen LogP contribution in [0.4, 0.5) is 0 Å². The molecule has 100 valence electrons. The van der Waals surface area contributed by atoms with E-state index in [-0.39, 0.29) is 0 Å². The highest BCUT2D eigenvalue weighted by Gasteiger charge is 2.05. The molecule has 5 heteroatoms. The molecule has 0 aliphatic carbocycles. The van der Waals surface area contributed by atoms with Crippen LogP contribution in [0, 0.1) is 0 Å². The molecule has 0 N–H and O–H groups in total. The molecule has 4 nitrogen and oxygen atoms in total. The Morgan fingerprint density at radius 1 is 1.05 bits per heavy atom. The summed E-state index contributed by atoms with van der Waals surface area (Å²) in [5, 5.41) is 0.934. The number of rotatable bonds is 4. The smallest absolute Gasteiger partial charge is 0.179 e. The highest BCUT2D eigenvalue weighted by molar-refractivity contribution is 7.98. The van der Waals surface area contributed by atoms with Crippen LogP contribution in [-0.4, -0.2) is 22.1 Å². The van der Waals surface area contributed by atoms with Gasteiger partial charge in [0.25, 0.3) is 0 Å². The van der Waals surface area contributed by atoms with Crippen LogP contribution in [0.3, 0.4) is 0 Å². The van der Waals surface area contributed by atoms with Crippen molar-refractivity contribution in [1.29, 1.82) is 0 Å². The van der Waals surface area contributed by atoms with E-state index in [9.17, 15) is 0 Å². The molecule has 3 rings (SSSR count). The molecule has 2 heterocycles. The monoisotopic (exact) mass is 283 g/mol. The lowest BCUT2D eigenvalue weighted by atomic mass is 10.2. The number of hydrogen-bond acceptors (Lipinski definition) is 5. The van der Waals surface area contributed by atoms with Crippen molar-refractivity contribution in [2.75, 3.05) is 7.11 Å². The van der Waals surface area contributed by atoms with Crippen molar-refractivity contribution in [3.05, 3.63) is 54.4 Å². The lowest BCUT2D eigenvalue weighted by Crippen LogP contribution is -1.91. The Hall–Kier alpha value is -2.14. The van der Waals surface area contributed by atoms with Crippen molar-refractivity contribution in [1.82, 2.24) is 15.0 Å². The van der Waals surface area contributed by atoms with E-state index in [1.54, 1.807) is 31.3 Å². The average Bonchev–Trinajstić information content (AvgIpc) is 2.53. The van der Waals surface area contributed by atoms with E-state index in [0.29, 0.717) is 5.65 Å². The third-order valence-electron chi connectivity index (χ3n) is 2.87. The van der Waals surface area contributed by atoms with Gasteiger partial charge in [0.1, 0.15) is 11.3 Å². The van der Waals surface area contributed by atoms with Crippen LogP contribution < -0.4 is 4.74 Å². The second kappa shape index (κ2) is 5.88. The van der Waals surface area contributed by atoms with E-state index >= 15 is 0 Å². The molecule has 0 aliphatic heterocycles. The third-order valence-corrected chi connectivity index (χ3v) is 3.85. The molecule has 20 heavy (non-hydrogen) atoms. The predicted molar refractivity (Wildman–Crippen MR) is 79.9 cm³/mol. The molecule has 2 aromatic heterocycles. The molecule has 1 aromatic carbocycles. The molecule has 0 amide bonds. The average molecular weight is 283 g/mol. The van der Waals surface area contributed by atoms with E-state index in [4.69, 9.17) is 4.74 Å². The maximum absolute atomic E-state index is 5.35.